The molecule has 2 heterocycles. The summed E-state index contributed by atoms with van der Waals surface area (Å²) >= 11 is 1.85. The molecule has 0 spiro atoms. The Kier molecular flexibility index (Phi) is 7.75. The summed E-state index contributed by atoms with van der Waals surface area (Å²) in [7, 11) is 0. The predicted molar refractivity (Wildman–Crippen MR) is 253 cm³/mol. The molecule has 12 aromatic rings. The Labute approximate surface area is 345 Å². The molecule has 0 radical (unpaired) electrons. The van der Waals surface area contributed by atoms with E-state index < -0.39 is 0 Å². The van der Waals surface area contributed by atoms with E-state index in [0.29, 0.717) is 0 Å². The van der Waals surface area contributed by atoms with E-state index in [1.807, 2.05) is 11.3 Å². The van der Waals surface area contributed by atoms with Crippen molar-refractivity contribution in [1.82, 2.24) is 0 Å². The highest BCUT2D eigenvalue weighted by atomic mass is 32.1. The van der Waals surface area contributed by atoms with Crippen molar-refractivity contribution in [2.45, 2.75) is 0 Å². The molecule has 0 atom stereocenters. The van der Waals surface area contributed by atoms with Gasteiger partial charge in [-0.2, -0.15) is 0 Å². The molecule has 0 amide bonds. The van der Waals surface area contributed by atoms with Gasteiger partial charge in [0.25, 0.3) is 0 Å². The Morgan fingerprint density at radius 1 is 0.322 bits per heavy atom. The molecule has 0 saturated heterocycles. The van der Waals surface area contributed by atoms with Gasteiger partial charge >= 0.3 is 0 Å². The summed E-state index contributed by atoms with van der Waals surface area (Å²) in [4.78, 5) is 2.34. The van der Waals surface area contributed by atoms with Crippen LogP contribution < -0.4 is 4.90 Å². The zero-order chi connectivity index (χ0) is 38.9. The van der Waals surface area contributed by atoms with Crippen molar-refractivity contribution in [1.29, 1.82) is 0 Å². The van der Waals surface area contributed by atoms with Crippen LogP contribution in [-0.2, 0) is 0 Å². The van der Waals surface area contributed by atoms with Gasteiger partial charge in [0.05, 0.1) is 5.69 Å². The third-order valence-corrected chi connectivity index (χ3v) is 13.0. The molecule has 2 aromatic heterocycles. The SMILES string of the molecule is c1ccc(-c2cccc3c2oc2c(N(c4ccc(-c5ccc6sc7ccccc7c6c5)cc4)c4ccc(-c5cc6ccccc6c6ccccc56)cc4)cccc23)cc1. The summed E-state index contributed by atoms with van der Waals surface area (Å²) in [6.45, 7) is 0. The Hall–Kier alpha value is -7.46. The molecule has 276 valence electrons. The maximum absolute atomic E-state index is 7.00. The normalized spacial score (nSPS) is 11.7. The van der Waals surface area contributed by atoms with E-state index in [1.165, 1.54) is 64.0 Å². The summed E-state index contributed by atoms with van der Waals surface area (Å²) in [5.74, 6) is 0. The van der Waals surface area contributed by atoms with Gasteiger partial charge in [-0.25, -0.2) is 0 Å². The van der Waals surface area contributed by atoms with Crippen LogP contribution in [0.1, 0.15) is 0 Å². The molecule has 59 heavy (non-hydrogen) atoms. The van der Waals surface area contributed by atoms with E-state index in [1.54, 1.807) is 0 Å². The highest BCUT2D eigenvalue weighted by Gasteiger charge is 2.21. The number of rotatable bonds is 6. The van der Waals surface area contributed by atoms with Crippen molar-refractivity contribution < 1.29 is 4.42 Å². The van der Waals surface area contributed by atoms with E-state index in [0.717, 1.165) is 50.1 Å². The van der Waals surface area contributed by atoms with Gasteiger partial charge in [-0.15, -0.1) is 11.3 Å². The quantitative estimate of drug-likeness (QED) is 0.157. The first-order valence-corrected chi connectivity index (χ1v) is 20.9. The lowest BCUT2D eigenvalue weighted by Gasteiger charge is -2.26. The van der Waals surface area contributed by atoms with Crippen LogP contribution in [0.2, 0.25) is 0 Å². The van der Waals surface area contributed by atoms with E-state index in [9.17, 15) is 0 Å². The van der Waals surface area contributed by atoms with Gasteiger partial charge in [-0.05, 0) is 104 Å². The highest BCUT2D eigenvalue weighted by Crippen LogP contribution is 2.45. The third kappa shape index (κ3) is 5.55. The second kappa shape index (κ2) is 13.6. The molecule has 0 aliphatic carbocycles. The van der Waals surface area contributed by atoms with Crippen LogP contribution in [0.15, 0.2) is 217 Å². The maximum atomic E-state index is 7.00. The minimum absolute atomic E-state index is 0.856. The molecule has 0 aliphatic heterocycles. The third-order valence-electron chi connectivity index (χ3n) is 11.9. The molecule has 3 heteroatoms. The Bertz CT molecular complexity index is 3540. The monoisotopic (exact) mass is 769 g/mol. The molecule has 0 bridgehead atoms. The summed E-state index contributed by atoms with van der Waals surface area (Å²) in [5, 5.41) is 9.85. The average Bonchev–Trinajstić information content (AvgIpc) is 3.88. The molecule has 2 nitrogen and oxygen atoms in total. The summed E-state index contributed by atoms with van der Waals surface area (Å²) in [6.07, 6.45) is 0. The lowest BCUT2D eigenvalue weighted by atomic mass is 9.93. The van der Waals surface area contributed by atoms with Crippen LogP contribution in [0.3, 0.4) is 0 Å². The van der Waals surface area contributed by atoms with Crippen LogP contribution in [0, 0.1) is 0 Å². The molecule has 12 rings (SSSR count). The second-order valence-corrected chi connectivity index (χ2v) is 16.3. The van der Waals surface area contributed by atoms with Gasteiger partial charge in [0.1, 0.15) is 5.58 Å². The fourth-order valence-corrected chi connectivity index (χ4v) is 10.1. The number of thiophene rings is 1. The topological polar surface area (TPSA) is 16.4 Å². The largest absolute Gasteiger partial charge is 0.453 e. The van der Waals surface area contributed by atoms with E-state index in [-0.39, 0.29) is 0 Å². The Morgan fingerprint density at radius 2 is 0.898 bits per heavy atom. The highest BCUT2D eigenvalue weighted by molar-refractivity contribution is 7.25. The van der Waals surface area contributed by atoms with Crippen LogP contribution >= 0.6 is 11.3 Å². The van der Waals surface area contributed by atoms with E-state index in [2.05, 4.69) is 217 Å². The van der Waals surface area contributed by atoms with Gasteiger partial charge in [-0.1, -0.05) is 158 Å². The first-order valence-electron chi connectivity index (χ1n) is 20.1. The van der Waals surface area contributed by atoms with Gasteiger partial charge in [0, 0.05) is 47.9 Å². The van der Waals surface area contributed by atoms with E-state index in [4.69, 9.17) is 4.42 Å². The number of anilines is 3. The minimum atomic E-state index is 0.856. The average molecular weight is 770 g/mol. The van der Waals surface area contributed by atoms with Crippen molar-refractivity contribution in [3.63, 3.8) is 0 Å². The number of hydrogen-bond acceptors (Lipinski definition) is 3. The van der Waals surface area contributed by atoms with Crippen molar-refractivity contribution in [3.05, 3.63) is 212 Å². The number of benzene rings is 10. The summed E-state index contributed by atoms with van der Waals surface area (Å²) in [6, 6.07) is 76.8. The standard InChI is InChI=1S/C56H35NOS/c1-2-12-37(13-3-1)44-19-10-20-48-49-21-11-22-52(56(49)58-55(44)48)57(41-29-24-36(25-30-41)39-28-33-54-51(34-39)47-18-8-9-23-53(47)59-54)42-31-26-38(27-32-42)50-35-40-14-4-5-15-43(40)45-16-6-7-17-46(45)50/h1-35H. The van der Waals surface area contributed by atoms with Crippen molar-refractivity contribution >= 4 is 92.1 Å². The zero-order valence-electron chi connectivity index (χ0n) is 32.0. The molecular formula is C56H35NOS. The van der Waals surface area contributed by atoms with Gasteiger partial charge in [0.2, 0.25) is 0 Å². The number of hydrogen-bond donors (Lipinski definition) is 0. The Morgan fingerprint density at radius 3 is 1.69 bits per heavy atom. The van der Waals surface area contributed by atoms with Gasteiger partial charge in [-0.3, -0.25) is 0 Å². The first-order chi connectivity index (χ1) is 29.2. The summed E-state index contributed by atoms with van der Waals surface area (Å²) < 4.78 is 9.63. The van der Waals surface area contributed by atoms with Crippen LogP contribution in [-0.4, -0.2) is 0 Å². The summed E-state index contributed by atoms with van der Waals surface area (Å²) in [5.41, 5.74) is 11.9. The number of para-hydroxylation sites is 2. The van der Waals surface area contributed by atoms with Crippen molar-refractivity contribution in [2.75, 3.05) is 4.90 Å². The molecule has 0 aliphatic rings. The fraction of sp³-hybridized carbons (Fsp3) is 0. The van der Waals surface area contributed by atoms with Crippen LogP contribution in [0.5, 0.6) is 0 Å². The smallest absolute Gasteiger partial charge is 0.159 e. The number of nitrogens with zero attached hydrogens (tertiary/aromatic N) is 1. The molecular weight excluding hydrogens is 735 g/mol. The molecule has 10 aromatic carbocycles. The number of furan rings is 1. The fourth-order valence-electron chi connectivity index (χ4n) is 9.05. The van der Waals surface area contributed by atoms with Crippen LogP contribution in [0.25, 0.3) is 97.0 Å². The molecule has 0 saturated carbocycles. The zero-order valence-corrected chi connectivity index (χ0v) is 32.8. The van der Waals surface area contributed by atoms with Gasteiger partial charge < -0.3 is 9.32 Å². The molecule has 0 fully saturated rings. The van der Waals surface area contributed by atoms with Crippen molar-refractivity contribution in [2.24, 2.45) is 0 Å². The molecule has 0 N–H and O–H groups in total. The maximum Gasteiger partial charge on any atom is 0.159 e. The van der Waals surface area contributed by atoms with Crippen molar-refractivity contribution in [3.8, 4) is 33.4 Å². The lowest BCUT2D eigenvalue weighted by Crippen LogP contribution is -2.10. The minimum Gasteiger partial charge on any atom is -0.453 e. The first kappa shape index (κ1) is 33.7. The van der Waals surface area contributed by atoms with Crippen LogP contribution in [0.4, 0.5) is 17.1 Å². The number of fused-ring (bicyclic) bond motifs is 9. The predicted octanol–water partition coefficient (Wildman–Crippen LogP) is 16.7. The molecule has 0 unspecified atom stereocenters. The van der Waals surface area contributed by atoms with Gasteiger partial charge in [0.15, 0.2) is 5.58 Å². The lowest BCUT2D eigenvalue weighted by molar-refractivity contribution is 0.670. The van der Waals surface area contributed by atoms with E-state index >= 15 is 0 Å². The Balaban J connectivity index is 1.02. The second-order valence-electron chi connectivity index (χ2n) is 15.2.